The number of halogens is 2. The number of carboxylic acid groups (broad SMARTS) is 1. The van der Waals surface area contributed by atoms with Gasteiger partial charge in [-0.1, -0.05) is 60.8 Å². The number of aliphatic hydroxyl groups excluding tert-OH is 1. The number of ether oxygens (including phenoxy) is 3. The number of aromatic nitrogens is 8. The predicted molar refractivity (Wildman–Crippen MR) is 271 cm³/mol. The van der Waals surface area contributed by atoms with Gasteiger partial charge in [0.15, 0.2) is 5.75 Å². The number of pyridine rings is 4. The summed E-state index contributed by atoms with van der Waals surface area (Å²) in [5.74, 6) is 1.49. The first-order valence-corrected chi connectivity index (χ1v) is 23.1. The summed E-state index contributed by atoms with van der Waals surface area (Å²) in [6, 6.07) is 21.1. The van der Waals surface area contributed by atoms with E-state index in [0.717, 1.165) is 27.9 Å². The van der Waals surface area contributed by atoms with Crippen molar-refractivity contribution < 1.29 is 53.5 Å². The molecule has 6 aromatic heterocycles. The number of benzene rings is 2. The van der Waals surface area contributed by atoms with Gasteiger partial charge in [-0.25, -0.2) is 19.6 Å². The molecule has 0 aliphatic rings. The van der Waals surface area contributed by atoms with E-state index >= 15 is 0 Å². The standard InChI is InChI=1S/C25H23ClN4O5.C25H25ClN4O4.CH2O2.Zn/c1-16-4-9-19(13-27-16)35-21-14-28-23-22(20(21)12-17-5-7-18(26)8-6-17)24(32)30(25(33)29(23)2)10-3-11-34-15-31;1-4-5-12-30-24(32)21-20(22(31)16-7-9-17(26)10-8-16)19(14-28-23(21)29(3)25(30)33)34-18-11-6-15(2)27-13-18;2-1-3;/h4-9,13-15H,3,10-12H2,1-2H3;6-11,13-14,22,31H,4-5,12H2,1-3H3;1H,(H,2,3);. The molecule has 73 heavy (non-hydrogen) atoms. The van der Waals surface area contributed by atoms with Gasteiger partial charge < -0.3 is 24.4 Å². The fourth-order valence-corrected chi connectivity index (χ4v) is 7.78. The fraction of sp³-hybridized carbons (Fsp3) is 0.255. The van der Waals surface area contributed by atoms with Gasteiger partial charge in [-0.2, -0.15) is 0 Å². The molecule has 2 aromatic carbocycles. The second-order valence-electron chi connectivity index (χ2n) is 16.1. The minimum absolute atomic E-state index is 0. The number of carbonyl (C=O) groups is 2. The minimum Gasteiger partial charge on any atom is -0.483 e. The number of carbonyl (C=O) groups excluding carboxylic acids is 1. The molecule has 0 saturated heterocycles. The minimum atomic E-state index is -1.24. The van der Waals surface area contributed by atoms with Gasteiger partial charge >= 0.3 is 11.4 Å². The van der Waals surface area contributed by atoms with E-state index in [-0.39, 0.29) is 79.0 Å². The number of rotatable bonds is 16. The van der Waals surface area contributed by atoms with Crippen molar-refractivity contribution in [2.24, 2.45) is 14.1 Å². The maximum atomic E-state index is 13.6. The number of fused-ring (bicyclic) bond motifs is 2. The molecule has 0 aliphatic carbocycles. The Balaban J connectivity index is 0.000000254. The van der Waals surface area contributed by atoms with Crippen LogP contribution in [0.15, 0.2) is 117 Å². The molecule has 0 spiro atoms. The molecular formula is C51H50Cl2N8O11Zn. The van der Waals surface area contributed by atoms with E-state index in [9.17, 15) is 29.1 Å². The number of hydrogen-bond donors (Lipinski definition) is 2. The Morgan fingerprint density at radius 3 is 1.64 bits per heavy atom. The van der Waals surface area contributed by atoms with E-state index < -0.39 is 28.6 Å². The third-order valence-corrected chi connectivity index (χ3v) is 11.7. The van der Waals surface area contributed by atoms with E-state index in [0.29, 0.717) is 64.2 Å². The van der Waals surface area contributed by atoms with Crippen LogP contribution in [-0.2, 0) is 67.4 Å². The first-order valence-electron chi connectivity index (χ1n) is 22.4. The van der Waals surface area contributed by atoms with Gasteiger partial charge in [0.2, 0.25) is 0 Å². The van der Waals surface area contributed by atoms with Crippen LogP contribution >= 0.6 is 23.2 Å². The van der Waals surface area contributed by atoms with Crippen molar-refractivity contribution in [3.63, 3.8) is 0 Å². The van der Waals surface area contributed by atoms with Gasteiger partial charge in [-0.15, -0.1) is 0 Å². The van der Waals surface area contributed by atoms with E-state index in [1.807, 2.05) is 39.0 Å². The maximum Gasteiger partial charge on any atom is 0.332 e. The summed E-state index contributed by atoms with van der Waals surface area (Å²) in [4.78, 5) is 89.0. The summed E-state index contributed by atoms with van der Waals surface area (Å²) < 4.78 is 21.8. The van der Waals surface area contributed by atoms with Crippen molar-refractivity contribution in [2.45, 2.75) is 65.6 Å². The Morgan fingerprint density at radius 1 is 0.658 bits per heavy atom. The largest absolute Gasteiger partial charge is 0.483 e. The molecule has 0 fully saturated rings. The molecule has 1 unspecified atom stereocenters. The summed E-state index contributed by atoms with van der Waals surface area (Å²) in [6.07, 6.45) is 6.96. The van der Waals surface area contributed by atoms with Gasteiger partial charge in [0, 0.05) is 85.6 Å². The Hall–Kier alpha value is -7.38. The average Bonchev–Trinajstić information content (AvgIpc) is 3.37. The van der Waals surface area contributed by atoms with Crippen molar-refractivity contribution in [3.05, 3.63) is 183 Å². The molecular weight excluding hydrogens is 1040 g/mol. The predicted octanol–water partition coefficient (Wildman–Crippen LogP) is 7.22. The van der Waals surface area contributed by atoms with Gasteiger partial charge in [-0.3, -0.25) is 47.4 Å². The number of hydrogen-bond acceptors (Lipinski definition) is 14. The van der Waals surface area contributed by atoms with Crippen LogP contribution in [0.3, 0.4) is 0 Å². The maximum absolute atomic E-state index is 13.6. The van der Waals surface area contributed by atoms with E-state index in [2.05, 4.69) is 19.9 Å². The van der Waals surface area contributed by atoms with Crippen molar-refractivity contribution >= 4 is 58.2 Å². The van der Waals surface area contributed by atoms with Crippen LogP contribution < -0.4 is 32.0 Å². The van der Waals surface area contributed by atoms with Crippen LogP contribution in [-0.4, -0.2) is 68.0 Å². The fourth-order valence-electron chi connectivity index (χ4n) is 7.53. The third kappa shape index (κ3) is 13.6. The van der Waals surface area contributed by atoms with E-state index in [4.69, 9.17) is 47.3 Å². The van der Waals surface area contributed by atoms with Crippen LogP contribution in [0.5, 0.6) is 23.0 Å². The van der Waals surface area contributed by atoms with Crippen LogP contribution in [0.1, 0.15) is 65.9 Å². The van der Waals surface area contributed by atoms with E-state index in [1.54, 1.807) is 81.1 Å². The summed E-state index contributed by atoms with van der Waals surface area (Å²) >= 11 is 12.1. The van der Waals surface area contributed by atoms with Gasteiger partial charge in [0.1, 0.15) is 34.6 Å². The second-order valence-corrected chi connectivity index (χ2v) is 17.0. The molecule has 376 valence electrons. The quantitative estimate of drug-likeness (QED) is 0.0551. The molecule has 2 N–H and O–H groups in total. The first kappa shape index (κ1) is 56.5. The molecule has 22 heteroatoms. The molecule has 8 aromatic rings. The smallest absolute Gasteiger partial charge is 0.332 e. The number of nitrogens with zero attached hydrogens (tertiary/aromatic N) is 8. The zero-order valence-corrected chi connectivity index (χ0v) is 45.0. The third-order valence-electron chi connectivity index (χ3n) is 11.2. The molecule has 6 heterocycles. The molecule has 0 radical (unpaired) electrons. The molecule has 0 aliphatic heterocycles. The zero-order valence-electron chi connectivity index (χ0n) is 40.5. The number of aryl methyl sites for hydroxylation is 4. The normalized spacial score (nSPS) is 11.1. The molecule has 0 amide bonds. The Bertz CT molecular complexity index is 3440. The number of aliphatic hydroxyl groups is 1. The molecule has 19 nitrogen and oxygen atoms in total. The molecule has 0 saturated carbocycles. The Labute approximate surface area is 440 Å². The summed E-state index contributed by atoms with van der Waals surface area (Å²) in [5, 5.41) is 19.8. The first-order chi connectivity index (χ1) is 34.6. The van der Waals surface area contributed by atoms with Crippen LogP contribution in [0, 0.1) is 13.8 Å². The summed E-state index contributed by atoms with van der Waals surface area (Å²) in [6.45, 7) is 6.24. The van der Waals surface area contributed by atoms with Crippen molar-refractivity contribution in [1.82, 2.24) is 38.2 Å². The monoisotopic (exact) mass is 1080 g/mol. The van der Waals surface area contributed by atoms with Crippen LogP contribution in [0.25, 0.3) is 22.1 Å². The second kappa shape index (κ2) is 26.4. The SMILES string of the molecule is CCCCn1c(=O)c2c(C(O)c3ccc(Cl)cc3)c(Oc3ccc(C)nc3)cnc2n(C)c1=O.Cc1ccc(Oc2cnc3c(c2Cc2ccc(Cl)cc2)c(=O)n(CCCOC=O)c(=O)n3C)cn1.O=CO.[Zn]. The zero-order chi connectivity index (χ0) is 52.1. The van der Waals surface area contributed by atoms with Crippen molar-refractivity contribution in [2.75, 3.05) is 6.61 Å². The molecule has 8 rings (SSSR count). The molecule has 0 bridgehead atoms. The van der Waals surface area contributed by atoms with Crippen molar-refractivity contribution in [3.8, 4) is 23.0 Å². The van der Waals surface area contributed by atoms with Crippen molar-refractivity contribution in [1.29, 1.82) is 0 Å². The van der Waals surface area contributed by atoms with E-state index in [1.165, 1.54) is 26.1 Å². The number of unbranched alkanes of at least 4 members (excludes halogenated alkanes) is 1. The van der Waals surface area contributed by atoms with Gasteiger partial charge in [0.25, 0.3) is 24.1 Å². The summed E-state index contributed by atoms with van der Waals surface area (Å²) in [7, 11) is 3.12. The van der Waals surface area contributed by atoms with Gasteiger partial charge in [0.05, 0.1) is 42.2 Å². The Morgan fingerprint density at radius 2 is 1.14 bits per heavy atom. The Kier molecular flexibility index (Phi) is 20.4. The summed E-state index contributed by atoms with van der Waals surface area (Å²) in [5.41, 5.74) is 2.31. The van der Waals surface area contributed by atoms with Gasteiger partial charge in [-0.05, 0) is 86.3 Å². The topological polar surface area (TPSA) is 242 Å². The molecule has 1 atom stereocenters. The van der Waals surface area contributed by atoms with Crippen LogP contribution in [0.4, 0.5) is 0 Å². The van der Waals surface area contributed by atoms with Crippen LogP contribution in [0.2, 0.25) is 10.0 Å². The average molecular weight is 1090 g/mol.